The van der Waals surface area contributed by atoms with E-state index in [2.05, 4.69) is 23.6 Å². The van der Waals surface area contributed by atoms with Gasteiger partial charge in [-0.1, -0.05) is 37.3 Å². The summed E-state index contributed by atoms with van der Waals surface area (Å²) in [5.74, 6) is 0.0268. The molecular weight excluding hydrogens is 368 g/mol. The normalized spacial score (nSPS) is 18.2. The summed E-state index contributed by atoms with van der Waals surface area (Å²) in [6.45, 7) is 4.25. The van der Waals surface area contributed by atoms with Crippen LogP contribution in [0.4, 0.5) is 10.5 Å². The maximum absolute atomic E-state index is 12.7. The third-order valence-electron chi connectivity index (χ3n) is 5.43. The molecule has 0 bridgehead atoms. The average molecular weight is 392 g/mol. The first kappa shape index (κ1) is 19.0. The lowest BCUT2D eigenvalue weighted by molar-refractivity contribution is -0.123. The Bertz CT molecular complexity index is 941. The van der Waals surface area contributed by atoms with Gasteiger partial charge in [0.15, 0.2) is 0 Å². The number of benzene rings is 2. The van der Waals surface area contributed by atoms with Crippen LogP contribution < -0.4 is 15.5 Å². The number of rotatable bonds is 3. The van der Waals surface area contributed by atoms with Gasteiger partial charge >= 0.3 is 6.03 Å². The number of hydrogen-bond acceptors (Lipinski definition) is 3. The number of nitrogens with zero attached hydrogens (tertiary/aromatic N) is 2. The van der Waals surface area contributed by atoms with E-state index in [1.54, 1.807) is 21.9 Å². The number of amides is 4. The van der Waals surface area contributed by atoms with E-state index in [1.807, 2.05) is 30.3 Å². The molecule has 2 N–H and O–H groups in total. The van der Waals surface area contributed by atoms with Gasteiger partial charge in [-0.25, -0.2) is 4.79 Å². The van der Waals surface area contributed by atoms with Crippen molar-refractivity contribution < 1.29 is 14.4 Å². The molecule has 7 heteroatoms. The molecule has 4 amide bonds. The predicted octanol–water partition coefficient (Wildman–Crippen LogP) is 2.09. The van der Waals surface area contributed by atoms with Gasteiger partial charge in [-0.05, 0) is 29.3 Å². The Kier molecular flexibility index (Phi) is 5.20. The molecule has 1 saturated heterocycles. The molecule has 2 aliphatic rings. The van der Waals surface area contributed by atoms with Crippen LogP contribution in [0.5, 0.6) is 0 Å². The maximum Gasteiger partial charge on any atom is 0.322 e. The van der Waals surface area contributed by atoms with Crippen molar-refractivity contribution in [1.29, 1.82) is 0 Å². The molecule has 0 aromatic heterocycles. The van der Waals surface area contributed by atoms with Crippen LogP contribution in [-0.4, -0.2) is 48.9 Å². The van der Waals surface area contributed by atoms with Crippen molar-refractivity contribution in [2.45, 2.75) is 19.4 Å². The number of nitrogens with one attached hydrogen (secondary N) is 2. The van der Waals surface area contributed by atoms with Crippen LogP contribution in [0.15, 0.2) is 48.5 Å². The van der Waals surface area contributed by atoms with Gasteiger partial charge in [0.05, 0.1) is 6.54 Å². The van der Waals surface area contributed by atoms with Crippen molar-refractivity contribution in [2.24, 2.45) is 0 Å². The summed E-state index contributed by atoms with van der Waals surface area (Å²) in [6.07, 6.45) is 0. The van der Waals surface area contributed by atoms with Crippen molar-refractivity contribution in [2.75, 3.05) is 31.1 Å². The highest BCUT2D eigenvalue weighted by molar-refractivity contribution is 5.97. The molecule has 0 radical (unpaired) electrons. The minimum Gasteiger partial charge on any atom is -0.353 e. The Morgan fingerprint density at radius 3 is 2.66 bits per heavy atom. The molecule has 2 aromatic rings. The molecule has 0 spiro atoms. The lowest BCUT2D eigenvalue weighted by atomic mass is 10.0. The predicted molar refractivity (Wildman–Crippen MR) is 110 cm³/mol. The number of para-hydroxylation sites is 1. The fourth-order valence-corrected chi connectivity index (χ4v) is 3.85. The second kappa shape index (κ2) is 7.95. The Hall–Kier alpha value is -3.35. The molecule has 1 fully saturated rings. The molecule has 29 heavy (non-hydrogen) atoms. The van der Waals surface area contributed by atoms with Gasteiger partial charge < -0.3 is 15.5 Å². The average Bonchev–Trinajstić information content (AvgIpc) is 3.09. The number of carbonyl (C=O) groups excluding carboxylic acids is 3. The zero-order valence-corrected chi connectivity index (χ0v) is 16.4. The molecule has 150 valence electrons. The van der Waals surface area contributed by atoms with Gasteiger partial charge in [0.1, 0.15) is 0 Å². The lowest BCUT2D eigenvalue weighted by Crippen LogP contribution is -2.49. The van der Waals surface area contributed by atoms with E-state index in [4.69, 9.17) is 0 Å². The molecule has 2 heterocycles. The molecule has 0 aliphatic carbocycles. The van der Waals surface area contributed by atoms with Crippen LogP contribution in [0, 0.1) is 0 Å². The largest absolute Gasteiger partial charge is 0.353 e. The van der Waals surface area contributed by atoms with Gasteiger partial charge in [0.2, 0.25) is 5.91 Å². The quantitative estimate of drug-likeness (QED) is 0.839. The van der Waals surface area contributed by atoms with Crippen LogP contribution >= 0.6 is 0 Å². The van der Waals surface area contributed by atoms with Gasteiger partial charge in [0.25, 0.3) is 5.91 Å². The first-order valence-electron chi connectivity index (χ1n) is 9.82. The van der Waals surface area contributed by atoms with E-state index in [1.165, 1.54) is 5.56 Å². The first-order chi connectivity index (χ1) is 14.0. The van der Waals surface area contributed by atoms with Crippen LogP contribution in [0.1, 0.15) is 34.3 Å². The second-order valence-corrected chi connectivity index (χ2v) is 7.50. The number of piperazine rings is 1. The number of hydrogen-bond donors (Lipinski definition) is 2. The van der Waals surface area contributed by atoms with Crippen molar-refractivity contribution in [3.63, 3.8) is 0 Å². The third kappa shape index (κ3) is 3.94. The van der Waals surface area contributed by atoms with Gasteiger partial charge in [-0.2, -0.15) is 0 Å². The summed E-state index contributed by atoms with van der Waals surface area (Å²) in [5.41, 5.74) is 3.60. The van der Waals surface area contributed by atoms with Crippen LogP contribution in [0.3, 0.4) is 0 Å². The lowest BCUT2D eigenvalue weighted by Gasteiger charge is -2.26. The maximum atomic E-state index is 12.7. The Balaban J connectivity index is 1.35. The fourth-order valence-electron chi connectivity index (χ4n) is 3.85. The Morgan fingerprint density at radius 2 is 1.90 bits per heavy atom. The highest BCUT2D eigenvalue weighted by Crippen LogP contribution is 2.35. The summed E-state index contributed by atoms with van der Waals surface area (Å²) < 4.78 is 0. The Morgan fingerprint density at radius 1 is 1.14 bits per heavy atom. The number of urea groups is 1. The highest BCUT2D eigenvalue weighted by Gasteiger charge is 2.29. The number of carbonyl (C=O) groups is 3. The molecule has 2 aromatic carbocycles. The molecule has 2 aliphatic heterocycles. The van der Waals surface area contributed by atoms with Gasteiger partial charge in [0, 0.05) is 43.3 Å². The van der Waals surface area contributed by atoms with E-state index in [9.17, 15) is 14.4 Å². The van der Waals surface area contributed by atoms with Gasteiger partial charge in [-0.15, -0.1) is 0 Å². The molecule has 0 saturated carbocycles. The fraction of sp³-hybridized carbons (Fsp3) is 0.318. The Labute approximate surface area is 169 Å². The van der Waals surface area contributed by atoms with E-state index >= 15 is 0 Å². The summed E-state index contributed by atoms with van der Waals surface area (Å²) in [5, 5.41) is 5.67. The zero-order chi connectivity index (χ0) is 20.4. The minimum atomic E-state index is -0.155. The van der Waals surface area contributed by atoms with Crippen molar-refractivity contribution in [1.82, 2.24) is 15.5 Å². The van der Waals surface area contributed by atoms with Gasteiger partial charge in [-0.3, -0.25) is 14.5 Å². The SMILES string of the molecule is CC1CN(C(=O)NCc2ccc(C(=O)N3CCNC(=O)C3)cc2)c2ccccc21. The summed E-state index contributed by atoms with van der Waals surface area (Å²) in [6, 6.07) is 15.0. The van der Waals surface area contributed by atoms with Crippen molar-refractivity contribution in [3.8, 4) is 0 Å². The molecule has 7 nitrogen and oxygen atoms in total. The van der Waals surface area contributed by atoms with Crippen LogP contribution in [0.25, 0.3) is 0 Å². The van der Waals surface area contributed by atoms with E-state index in [0.717, 1.165) is 11.3 Å². The highest BCUT2D eigenvalue weighted by atomic mass is 16.2. The monoisotopic (exact) mass is 392 g/mol. The summed E-state index contributed by atoms with van der Waals surface area (Å²) >= 11 is 0. The molecular formula is C22H24N4O3. The zero-order valence-electron chi connectivity index (χ0n) is 16.4. The van der Waals surface area contributed by atoms with Crippen molar-refractivity contribution >= 4 is 23.5 Å². The molecule has 1 unspecified atom stereocenters. The minimum absolute atomic E-state index is 0.0897. The third-order valence-corrected chi connectivity index (χ3v) is 5.43. The molecule has 4 rings (SSSR count). The summed E-state index contributed by atoms with van der Waals surface area (Å²) in [4.78, 5) is 40.0. The van der Waals surface area contributed by atoms with Crippen LogP contribution in [0.2, 0.25) is 0 Å². The van der Waals surface area contributed by atoms with E-state index < -0.39 is 0 Å². The topological polar surface area (TPSA) is 81.8 Å². The van der Waals surface area contributed by atoms with Crippen molar-refractivity contribution in [3.05, 3.63) is 65.2 Å². The second-order valence-electron chi connectivity index (χ2n) is 7.50. The van der Waals surface area contributed by atoms with E-state index in [-0.39, 0.29) is 24.4 Å². The van der Waals surface area contributed by atoms with Crippen LogP contribution in [-0.2, 0) is 11.3 Å². The molecule has 1 atom stereocenters. The number of fused-ring (bicyclic) bond motifs is 1. The van der Waals surface area contributed by atoms with E-state index in [0.29, 0.717) is 37.7 Å². The number of anilines is 1. The summed E-state index contributed by atoms with van der Waals surface area (Å²) in [7, 11) is 0. The first-order valence-corrected chi connectivity index (χ1v) is 9.82. The smallest absolute Gasteiger partial charge is 0.322 e. The standard InChI is InChI=1S/C22H24N4O3/c1-15-13-26(19-5-3-2-4-18(15)19)22(29)24-12-16-6-8-17(9-7-16)21(28)25-11-10-23-20(27)14-25/h2-9,15H,10-14H2,1H3,(H,23,27)(H,24,29).